The Balaban J connectivity index is 1.81. The molecule has 0 atom stereocenters. The van der Waals surface area contributed by atoms with E-state index in [1.807, 2.05) is 0 Å². The molecule has 1 N–H and O–H groups in total. The maximum absolute atomic E-state index is 13.8. The average Bonchev–Trinajstić information content (AvgIpc) is 2.99. The highest BCUT2D eigenvalue weighted by Gasteiger charge is 2.23. The molecule has 0 spiro atoms. The fourth-order valence-corrected chi connectivity index (χ4v) is 3.63. The molecular weight excluding hydrogens is 419 g/mol. The molecule has 9 heteroatoms. The predicted molar refractivity (Wildman–Crippen MR) is 111 cm³/mol. The Labute approximate surface area is 175 Å². The number of thioether (sulfide) groups is 1. The number of ether oxygens (including phenoxy) is 2. The van der Waals surface area contributed by atoms with E-state index in [-0.39, 0.29) is 34.3 Å². The van der Waals surface area contributed by atoms with Gasteiger partial charge in [0.1, 0.15) is 12.4 Å². The number of aliphatic imine (C=N–C) groups is 1. The molecule has 0 bridgehead atoms. The highest BCUT2D eigenvalue weighted by atomic mass is 35.5. The molecule has 150 valence electrons. The van der Waals surface area contributed by atoms with Gasteiger partial charge < -0.3 is 14.8 Å². The molecule has 0 aromatic heterocycles. The number of halogens is 2. The lowest BCUT2D eigenvalue weighted by molar-refractivity contribution is -0.117. The van der Waals surface area contributed by atoms with Crippen molar-refractivity contribution in [2.24, 2.45) is 4.99 Å². The largest absolute Gasteiger partial charge is 0.493 e. The number of nitrogens with one attached hydrogen (secondary N) is 1. The van der Waals surface area contributed by atoms with Crippen LogP contribution in [0.15, 0.2) is 46.3 Å². The lowest BCUT2D eigenvalue weighted by Gasteiger charge is -2.14. The Hall–Kier alpha value is -2.84. The minimum absolute atomic E-state index is 0.0224. The van der Waals surface area contributed by atoms with Gasteiger partial charge in [-0.15, -0.1) is 0 Å². The summed E-state index contributed by atoms with van der Waals surface area (Å²) < 4.78 is 24.8. The molecule has 0 unspecified atom stereocenters. The number of hydrogen-bond donors (Lipinski definition) is 1. The minimum atomic E-state index is -0.464. The van der Waals surface area contributed by atoms with E-state index in [1.165, 1.54) is 20.1 Å². The van der Waals surface area contributed by atoms with Gasteiger partial charge in [0.15, 0.2) is 16.7 Å². The zero-order valence-electron chi connectivity index (χ0n) is 15.5. The highest BCUT2D eigenvalue weighted by molar-refractivity contribution is 8.18. The van der Waals surface area contributed by atoms with Crippen LogP contribution >= 0.6 is 23.4 Å². The van der Waals surface area contributed by atoms with Gasteiger partial charge in [0.25, 0.3) is 5.91 Å². The molecular formula is C20H16ClFN2O4S. The molecule has 3 rings (SSSR count). The van der Waals surface area contributed by atoms with Crippen LogP contribution in [0.25, 0.3) is 6.08 Å². The molecule has 2 aromatic carbocycles. The summed E-state index contributed by atoms with van der Waals surface area (Å²) in [6, 6.07) is 9.50. The van der Waals surface area contributed by atoms with E-state index in [0.717, 1.165) is 11.8 Å². The summed E-state index contributed by atoms with van der Waals surface area (Å²) in [5.41, 5.74) is 0.965. The van der Waals surface area contributed by atoms with Crippen molar-refractivity contribution in [3.63, 3.8) is 0 Å². The van der Waals surface area contributed by atoms with Gasteiger partial charge in [0, 0.05) is 12.5 Å². The van der Waals surface area contributed by atoms with Crippen molar-refractivity contribution in [3.05, 3.63) is 63.3 Å². The Morgan fingerprint density at radius 2 is 2.10 bits per heavy atom. The van der Waals surface area contributed by atoms with E-state index in [4.69, 9.17) is 21.1 Å². The van der Waals surface area contributed by atoms with Crippen LogP contribution in [0.5, 0.6) is 11.5 Å². The van der Waals surface area contributed by atoms with Crippen molar-refractivity contribution in [2.45, 2.75) is 13.5 Å². The zero-order valence-corrected chi connectivity index (χ0v) is 17.1. The van der Waals surface area contributed by atoms with E-state index >= 15 is 0 Å². The molecule has 2 amide bonds. The second kappa shape index (κ2) is 9.11. The van der Waals surface area contributed by atoms with Gasteiger partial charge >= 0.3 is 0 Å². The van der Waals surface area contributed by atoms with Crippen LogP contribution in [0.1, 0.15) is 18.1 Å². The van der Waals surface area contributed by atoms with E-state index < -0.39 is 5.91 Å². The summed E-state index contributed by atoms with van der Waals surface area (Å²) in [6.07, 6.45) is 1.58. The van der Waals surface area contributed by atoms with E-state index in [2.05, 4.69) is 10.3 Å². The maximum atomic E-state index is 13.8. The van der Waals surface area contributed by atoms with E-state index in [1.54, 1.807) is 36.4 Å². The molecule has 1 aliphatic rings. The van der Waals surface area contributed by atoms with Crippen molar-refractivity contribution in [3.8, 4) is 11.5 Å². The molecule has 0 fully saturated rings. The van der Waals surface area contributed by atoms with E-state index in [0.29, 0.717) is 21.8 Å². The molecule has 1 heterocycles. The highest BCUT2D eigenvalue weighted by Crippen LogP contribution is 2.38. The molecule has 0 aliphatic carbocycles. The first kappa shape index (κ1) is 20.9. The quantitative estimate of drug-likeness (QED) is 0.714. The lowest BCUT2D eigenvalue weighted by Crippen LogP contribution is -2.23. The minimum Gasteiger partial charge on any atom is -0.493 e. The molecule has 0 saturated carbocycles. The number of amidine groups is 1. The number of hydrogen-bond acceptors (Lipinski definition) is 5. The monoisotopic (exact) mass is 434 g/mol. The van der Waals surface area contributed by atoms with Gasteiger partial charge in [0.05, 0.1) is 17.0 Å². The van der Waals surface area contributed by atoms with Gasteiger partial charge in [-0.25, -0.2) is 4.39 Å². The van der Waals surface area contributed by atoms with Crippen molar-refractivity contribution in [1.82, 2.24) is 5.32 Å². The Kier molecular flexibility index (Phi) is 6.56. The molecule has 1 aliphatic heterocycles. The van der Waals surface area contributed by atoms with Crippen molar-refractivity contribution in [2.75, 3.05) is 7.11 Å². The molecule has 0 saturated heterocycles. The number of carbonyl (C=O) groups is 2. The van der Waals surface area contributed by atoms with Crippen LogP contribution in [0.2, 0.25) is 5.02 Å². The number of benzene rings is 2. The molecule has 2 aromatic rings. The first-order chi connectivity index (χ1) is 13.9. The number of methoxy groups -OCH3 is 1. The Bertz CT molecular complexity index is 1040. The van der Waals surface area contributed by atoms with Crippen LogP contribution in [0.4, 0.5) is 4.39 Å². The van der Waals surface area contributed by atoms with Gasteiger partial charge in [-0.2, -0.15) is 4.99 Å². The summed E-state index contributed by atoms with van der Waals surface area (Å²) in [6.45, 7) is 1.31. The van der Waals surface area contributed by atoms with Crippen LogP contribution in [-0.2, 0) is 16.2 Å². The summed E-state index contributed by atoms with van der Waals surface area (Å²) in [5.74, 6) is -0.560. The summed E-state index contributed by atoms with van der Waals surface area (Å²) in [4.78, 5) is 27.2. The smallest absolute Gasteiger partial charge is 0.286 e. The fraction of sp³-hybridized carbons (Fsp3) is 0.150. The zero-order chi connectivity index (χ0) is 21.0. The second-order valence-corrected chi connectivity index (χ2v) is 7.37. The normalized spacial score (nSPS) is 14.7. The maximum Gasteiger partial charge on any atom is 0.286 e. The SMILES string of the molecule is COc1cc(C=C2SC(NC(C)=O)=NC2=O)cc(Cl)c1OCc1ccccc1F. The molecule has 0 radical (unpaired) electrons. The number of carbonyl (C=O) groups excluding carboxylic acids is 2. The number of rotatable bonds is 5. The van der Waals surface area contributed by atoms with Crippen molar-refractivity contribution < 1.29 is 23.5 Å². The first-order valence-electron chi connectivity index (χ1n) is 8.41. The van der Waals surface area contributed by atoms with Gasteiger partial charge in [-0.1, -0.05) is 29.8 Å². The van der Waals surface area contributed by atoms with Crippen LogP contribution in [0.3, 0.4) is 0 Å². The first-order valence-corrected chi connectivity index (χ1v) is 9.60. The summed E-state index contributed by atoms with van der Waals surface area (Å²) >= 11 is 7.38. The third kappa shape index (κ3) is 5.16. The Morgan fingerprint density at radius 1 is 1.34 bits per heavy atom. The summed E-state index contributed by atoms with van der Waals surface area (Å²) in [5, 5.41) is 2.94. The Morgan fingerprint density at radius 3 is 2.79 bits per heavy atom. The van der Waals surface area contributed by atoms with Gasteiger partial charge in [-0.05, 0) is 41.6 Å². The fourth-order valence-electron chi connectivity index (χ4n) is 2.49. The van der Waals surface area contributed by atoms with Crippen LogP contribution in [-0.4, -0.2) is 24.1 Å². The average molecular weight is 435 g/mol. The number of nitrogens with zero attached hydrogens (tertiary/aromatic N) is 1. The third-order valence-corrected chi connectivity index (χ3v) is 4.96. The van der Waals surface area contributed by atoms with E-state index in [9.17, 15) is 14.0 Å². The van der Waals surface area contributed by atoms with Crippen LogP contribution in [0, 0.1) is 5.82 Å². The second-order valence-electron chi connectivity index (χ2n) is 5.93. The number of amides is 2. The summed E-state index contributed by atoms with van der Waals surface area (Å²) in [7, 11) is 1.45. The standard InChI is InChI=1S/C20H16ClFN2O4S/c1-11(25)23-20-24-19(26)17(29-20)9-12-7-14(21)18(16(8-12)27-2)28-10-13-5-3-4-6-15(13)22/h3-9H,10H2,1-2H3,(H,23,24,25,26). The predicted octanol–water partition coefficient (Wildman–Crippen LogP) is 4.17. The van der Waals surface area contributed by atoms with Gasteiger partial charge in [0.2, 0.25) is 5.91 Å². The molecule has 29 heavy (non-hydrogen) atoms. The lowest BCUT2D eigenvalue weighted by atomic mass is 10.1. The van der Waals surface area contributed by atoms with Crippen molar-refractivity contribution >= 4 is 46.4 Å². The third-order valence-electron chi connectivity index (χ3n) is 3.78. The van der Waals surface area contributed by atoms with Crippen LogP contribution < -0.4 is 14.8 Å². The molecule has 6 nitrogen and oxygen atoms in total. The van der Waals surface area contributed by atoms with Gasteiger partial charge in [-0.3, -0.25) is 9.59 Å². The van der Waals surface area contributed by atoms with Crippen molar-refractivity contribution in [1.29, 1.82) is 0 Å². The topological polar surface area (TPSA) is 77.0 Å².